The van der Waals surface area contributed by atoms with Crippen molar-refractivity contribution in [1.82, 2.24) is 4.90 Å². The van der Waals surface area contributed by atoms with Crippen molar-refractivity contribution in [2.45, 2.75) is 19.4 Å². The third kappa shape index (κ3) is 2.76. The molecule has 0 radical (unpaired) electrons. The van der Waals surface area contributed by atoms with Crippen molar-refractivity contribution < 1.29 is 5.11 Å². The van der Waals surface area contributed by atoms with Gasteiger partial charge in [0, 0.05) is 43.1 Å². The molecule has 1 aliphatic heterocycles. The topological polar surface area (TPSA) is 52.7 Å². The molecule has 18 heavy (non-hydrogen) atoms. The maximum absolute atomic E-state index is 9.39. The highest BCUT2D eigenvalue weighted by Gasteiger charge is 2.29. The number of hydrogen-bond donors (Lipinski definition) is 2. The molecule has 0 saturated carbocycles. The first-order valence-corrected chi connectivity index (χ1v) is 6.49. The van der Waals surface area contributed by atoms with Crippen molar-refractivity contribution in [1.29, 1.82) is 0 Å². The Morgan fingerprint density at radius 3 is 2.17 bits per heavy atom. The second-order valence-electron chi connectivity index (χ2n) is 5.54. The molecule has 4 heteroatoms. The van der Waals surface area contributed by atoms with Gasteiger partial charge in [-0.1, -0.05) is 0 Å². The lowest BCUT2D eigenvalue weighted by molar-refractivity contribution is 0.0527. The molecule has 3 N–H and O–H groups in total. The first-order chi connectivity index (χ1) is 8.53. The van der Waals surface area contributed by atoms with Gasteiger partial charge in [-0.05, 0) is 38.1 Å². The number of hydrogen-bond acceptors (Lipinski definition) is 4. The van der Waals surface area contributed by atoms with E-state index in [0.29, 0.717) is 0 Å². The minimum absolute atomic E-state index is 0.118. The first-order valence-electron chi connectivity index (χ1n) is 6.49. The minimum atomic E-state index is -0.118. The van der Waals surface area contributed by atoms with Crippen LogP contribution in [0.1, 0.15) is 13.8 Å². The van der Waals surface area contributed by atoms with E-state index >= 15 is 0 Å². The van der Waals surface area contributed by atoms with Crippen molar-refractivity contribution in [3.05, 3.63) is 24.3 Å². The fraction of sp³-hybridized carbons (Fsp3) is 0.571. The zero-order chi connectivity index (χ0) is 13.2. The summed E-state index contributed by atoms with van der Waals surface area (Å²) in [4.78, 5) is 4.71. The van der Waals surface area contributed by atoms with E-state index in [2.05, 4.69) is 35.8 Å². The normalized spacial score (nSPS) is 18.1. The van der Waals surface area contributed by atoms with Crippen LogP contribution in [0.4, 0.5) is 11.4 Å². The molecule has 1 saturated heterocycles. The molecule has 0 bridgehead atoms. The summed E-state index contributed by atoms with van der Waals surface area (Å²) in [6.45, 7) is 8.34. The van der Waals surface area contributed by atoms with Crippen LogP contribution in [0.15, 0.2) is 24.3 Å². The molecule has 1 aromatic carbocycles. The average Bonchev–Trinajstić information content (AvgIpc) is 2.40. The summed E-state index contributed by atoms with van der Waals surface area (Å²) in [6.07, 6.45) is 0. The van der Waals surface area contributed by atoms with Gasteiger partial charge >= 0.3 is 0 Å². The lowest BCUT2D eigenvalue weighted by Gasteiger charge is -2.43. The summed E-state index contributed by atoms with van der Waals surface area (Å²) in [5, 5.41) is 9.39. The Morgan fingerprint density at radius 1 is 1.11 bits per heavy atom. The molecule has 0 spiro atoms. The Morgan fingerprint density at radius 2 is 1.67 bits per heavy atom. The SMILES string of the molecule is CC(C)(CO)N1CCN(c2ccc(N)cc2)CC1. The number of nitrogen functional groups attached to an aromatic ring is 1. The second kappa shape index (κ2) is 5.16. The van der Waals surface area contributed by atoms with E-state index in [0.717, 1.165) is 31.9 Å². The van der Waals surface area contributed by atoms with Gasteiger partial charge in [-0.3, -0.25) is 4.90 Å². The molecule has 1 fully saturated rings. The number of anilines is 2. The van der Waals surface area contributed by atoms with Crippen LogP contribution in [0.25, 0.3) is 0 Å². The molecule has 1 aliphatic rings. The molecule has 0 unspecified atom stereocenters. The van der Waals surface area contributed by atoms with Crippen LogP contribution in [0.5, 0.6) is 0 Å². The van der Waals surface area contributed by atoms with Crippen LogP contribution < -0.4 is 10.6 Å². The van der Waals surface area contributed by atoms with Crippen LogP contribution >= 0.6 is 0 Å². The smallest absolute Gasteiger partial charge is 0.0610 e. The van der Waals surface area contributed by atoms with Gasteiger partial charge in [0.2, 0.25) is 0 Å². The average molecular weight is 249 g/mol. The van der Waals surface area contributed by atoms with Gasteiger partial charge < -0.3 is 15.7 Å². The van der Waals surface area contributed by atoms with E-state index in [1.54, 1.807) is 0 Å². The summed E-state index contributed by atoms with van der Waals surface area (Å²) in [6, 6.07) is 8.03. The number of benzene rings is 1. The number of piperazine rings is 1. The van der Waals surface area contributed by atoms with Gasteiger partial charge in [-0.25, -0.2) is 0 Å². The fourth-order valence-corrected chi connectivity index (χ4v) is 2.36. The number of rotatable bonds is 3. The molecule has 0 aromatic heterocycles. The van der Waals surface area contributed by atoms with Crippen molar-refractivity contribution >= 4 is 11.4 Å². The number of aliphatic hydroxyl groups is 1. The van der Waals surface area contributed by atoms with Gasteiger partial charge in [0.25, 0.3) is 0 Å². The second-order valence-corrected chi connectivity index (χ2v) is 5.54. The van der Waals surface area contributed by atoms with Crippen LogP contribution in [-0.2, 0) is 0 Å². The molecule has 100 valence electrons. The molecule has 0 atom stereocenters. The predicted molar refractivity (Wildman–Crippen MR) is 75.8 cm³/mol. The molecule has 4 nitrogen and oxygen atoms in total. The van der Waals surface area contributed by atoms with Crippen molar-refractivity contribution in [2.24, 2.45) is 0 Å². The molecule has 1 aromatic rings. The lowest BCUT2D eigenvalue weighted by Crippen LogP contribution is -2.56. The quantitative estimate of drug-likeness (QED) is 0.789. The third-order valence-corrected chi connectivity index (χ3v) is 3.78. The van der Waals surface area contributed by atoms with E-state index in [-0.39, 0.29) is 12.1 Å². The summed E-state index contributed by atoms with van der Waals surface area (Å²) < 4.78 is 0. The molecule has 2 rings (SSSR count). The van der Waals surface area contributed by atoms with Crippen LogP contribution in [0.3, 0.4) is 0 Å². The maximum atomic E-state index is 9.39. The summed E-state index contributed by atoms with van der Waals surface area (Å²) >= 11 is 0. The number of nitrogens with zero attached hydrogens (tertiary/aromatic N) is 2. The molecule has 1 heterocycles. The zero-order valence-corrected chi connectivity index (χ0v) is 11.3. The standard InChI is InChI=1S/C14H23N3O/c1-14(2,11-18)17-9-7-16(8-10-17)13-5-3-12(15)4-6-13/h3-6,18H,7-11,15H2,1-2H3. The number of nitrogens with two attached hydrogens (primary N) is 1. The summed E-state index contributed by atoms with van der Waals surface area (Å²) in [5.41, 5.74) is 7.61. The Hall–Kier alpha value is -1.26. The van der Waals surface area contributed by atoms with Crippen molar-refractivity contribution in [3.63, 3.8) is 0 Å². The Labute approximate surface area is 109 Å². The molecular formula is C14H23N3O. The highest BCUT2D eigenvalue weighted by Crippen LogP contribution is 2.21. The van der Waals surface area contributed by atoms with E-state index < -0.39 is 0 Å². The molecular weight excluding hydrogens is 226 g/mol. The number of aliphatic hydroxyl groups excluding tert-OH is 1. The van der Waals surface area contributed by atoms with Gasteiger partial charge in [0.1, 0.15) is 0 Å². The van der Waals surface area contributed by atoms with Gasteiger partial charge in [-0.15, -0.1) is 0 Å². The van der Waals surface area contributed by atoms with Gasteiger partial charge in [-0.2, -0.15) is 0 Å². The minimum Gasteiger partial charge on any atom is -0.399 e. The summed E-state index contributed by atoms with van der Waals surface area (Å²) in [7, 11) is 0. The van der Waals surface area contributed by atoms with E-state index in [4.69, 9.17) is 5.73 Å². The largest absolute Gasteiger partial charge is 0.399 e. The maximum Gasteiger partial charge on any atom is 0.0610 e. The first kappa shape index (κ1) is 13.2. The Balaban J connectivity index is 1.96. The van der Waals surface area contributed by atoms with Crippen molar-refractivity contribution in [2.75, 3.05) is 43.4 Å². The Bertz CT molecular complexity index is 381. The van der Waals surface area contributed by atoms with E-state index in [1.165, 1.54) is 5.69 Å². The van der Waals surface area contributed by atoms with Crippen molar-refractivity contribution in [3.8, 4) is 0 Å². The highest BCUT2D eigenvalue weighted by molar-refractivity contribution is 5.53. The highest BCUT2D eigenvalue weighted by atomic mass is 16.3. The molecule has 0 aliphatic carbocycles. The van der Waals surface area contributed by atoms with Gasteiger partial charge in [0.05, 0.1) is 6.61 Å². The third-order valence-electron chi connectivity index (χ3n) is 3.78. The lowest BCUT2D eigenvalue weighted by atomic mass is 10.0. The zero-order valence-electron chi connectivity index (χ0n) is 11.3. The summed E-state index contributed by atoms with van der Waals surface area (Å²) in [5.74, 6) is 0. The fourth-order valence-electron chi connectivity index (χ4n) is 2.36. The van der Waals surface area contributed by atoms with Crippen LogP contribution in [-0.4, -0.2) is 48.3 Å². The van der Waals surface area contributed by atoms with Crippen LogP contribution in [0.2, 0.25) is 0 Å². The predicted octanol–water partition coefficient (Wildman–Crippen LogP) is 1.16. The Kier molecular flexibility index (Phi) is 3.78. The monoisotopic (exact) mass is 249 g/mol. The van der Waals surface area contributed by atoms with Gasteiger partial charge in [0.15, 0.2) is 0 Å². The van der Waals surface area contributed by atoms with E-state index in [1.807, 2.05) is 12.1 Å². The van der Waals surface area contributed by atoms with E-state index in [9.17, 15) is 5.11 Å². The van der Waals surface area contributed by atoms with Crippen LogP contribution in [0, 0.1) is 0 Å². The molecule has 0 amide bonds.